The number of phenols is 4. The predicted molar refractivity (Wildman–Crippen MR) is 105 cm³/mol. The van der Waals surface area contributed by atoms with Crippen molar-refractivity contribution in [2.45, 2.75) is 49.3 Å². The van der Waals surface area contributed by atoms with Gasteiger partial charge in [-0.3, -0.25) is 0 Å². The molecule has 0 bridgehead atoms. The van der Waals surface area contributed by atoms with Gasteiger partial charge in [0.05, 0.1) is 6.61 Å². The van der Waals surface area contributed by atoms with E-state index in [1.807, 2.05) is 0 Å². The third-order valence-electron chi connectivity index (χ3n) is 5.65. The quantitative estimate of drug-likeness (QED) is 0.276. The van der Waals surface area contributed by atoms with Crippen LogP contribution in [0.1, 0.15) is 17.2 Å². The number of aliphatic hydroxyl groups is 4. The maximum Gasteiger partial charge on any atom is 0.187 e. The van der Waals surface area contributed by atoms with Gasteiger partial charge in [0.1, 0.15) is 47.8 Å². The fraction of sp³-hybridized carbons (Fsp3) is 0.429. The minimum atomic E-state index is -1.66. The third-order valence-corrected chi connectivity index (χ3v) is 5.65. The van der Waals surface area contributed by atoms with E-state index in [9.17, 15) is 40.9 Å². The number of ether oxygens (including phenoxy) is 3. The van der Waals surface area contributed by atoms with Gasteiger partial charge in [-0.05, 0) is 17.7 Å². The zero-order chi connectivity index (χ0) is 23.2. The molecule has 11 heteroatoms. The van der Waals surface area contributed by atoms with Crippen molar-refractivity contribution in [3.8, 4) is 28.7 Å². The lowest BCUT2D eigenvalue weighted by Crippen LogP contribution is -2.60. The molecule has 2 aliphatic rings. The molecule has 174 valence electrons. The topological polar surface area (TPSA) is 190 Å². The van der Waals surface area contributed by atoms with Crippen LogP contribution in [-0.4, -0.2) is 84.3 Å². The molecule has 0 aliphatic carbocycles. The highest BCUT2D eigenvalue weighted by Crippen LogP contribution is 2.44. The Balaban J connectivity index is 1.68. The maximum atomic E-state index is 10.3. The Morgan fingerprint density at radius 2 is 1.62 bits per heavy atom. The molecule has 1 saturated heterocycles. The van der Waals surface area contributed by atoms with Crippen LogP contribution in [0.5, 0.6) is 28.7 Å². The Hall–Kier alpha value is -2.80. The smallest absolute Gasteiger partial charge is 0.187 e. The molecule has 2 aliphatic heterocycles. The Bertz CT molecular complexity index is 978. The molecule has 2 aromatic carbocycles. The van der Waals surface area contributed by atoms with Crippen LogP contribution in [0.3, 0.4) is 0 Å². The van der Waals surface area contributed by atoms with Crippen LogP contribution in [0.25, 0.3) is 0 Å². The molecule has 0 unspecified atom stereocenters. The summed E-state index contributed by atoms with van der Waals surface area (Å²) in [5, 5.41) is 79.4. The van der Waals surface area contributed by atoms with Gasteiger partial charge in [-0.1, -0.05) is 6.07 Å². The zero-order valence-electron chi connectivity index (χ0n) is 16.6. The van der Waals surface area contributed by atoms with Crippen LogP contribution in [0.4, 0.5) is 0 Å². The van der Waals surface area contributed by atoms with Gasteiger partial charge in [-0.15, -0.1) is 0 Å². The van der Waals surface area contributed by atoms with Gasteiger partial charge < -0.3 is 55.1 Å². The molecule has 1 fully saturated rings. The highest BCUT2D eigenvalue weighted by molar-refractivity contribution is 5.52. The van der Waals surface area contributed by atoms with E-state index in [1.165, 1.54) is 24.3 Å². The standard InChI is InChI=1S/C21H24O11/c22-7-16-17(27)18(28)19(29)21(32-16)31-15-6-10-12(25)4-9(23)5-14(10)30-20(15)8-1-2-11(24)13(26)3-8/h1-5,15-29H,6-7H2/t15-,16-,17-,18-,19-,20+,21-/m0/s1. The van der Waals surface area contributed by atoms with E-state index in [-0.39, 0.29) is 29.4 Å². The molecule has 7 atom stereocenters. The predicted octanol–water partition coefficient (Wildman–Crippen LogP) is -0.630. The number of fused-ring (bicyclic) bond motifs is 1. The molecule has 0 amide bonds. The monoisotopic (exact) mass is 452 g/mol. The Morgan fingerprint density at radius 3 is 2.31 bits per heavy atom. The molecule has 0 saturated carbocycles. The first-order chi connectivity index (χ1) is 15.2. The second-order valence-electron chi connectivity index (χ2n) is 7.80. The molecule has 11 nitrogen and oxygen atoms in total. The SMILES string of the molecule is OC[C@@H]1O[C@H](O[C@H]2Cc3c(O)cc(O)cc3O[C@@H]2c2ccc(O)c(O)c2)[C@@H](O)[C@@H](O)[C@H]1O. The largest absolute Gasteiger partial charge is 0.508 e. The van der Waals surface area contributed by atoms with Gasteiger partial charge >= 0.3 is 0 Å². The number of rotatable bonds is 4. The summed E-state index contributed by atoms with van der Waals surface area (Å²) in [7, 11) is 0. The summed E-state index contributed by atoms with van der Waals surface area (Å²) in [6, 6.07) is 6.38. The number of aliphatic hydroxyl groups excluding tert-OH is 4. The van der Waals surface area contributed by atoms with E-state index in [4.69, 9.17) is 14.2 Å². The molecular formula is C21H24O11. The lowest BCUT2D eigenvalue weighted by molar-refractivity contribution is -0.317. The molecule has 2 heterocycles. The maximum absolute atomic E-state index is 10.3. The zero-order valence-corrected chi connectivity index (χ0v) is 16.6. The first-order valence-electron chi connectivity index (χ1n) is 9.89. The molecule has 4 rings (SSSR count). The summed E-state index contributed by atoms with van der Waals surface area (Å²) in [4.78, 5) is 0. The second-order valence-corrected chi connectivity index (χ2v) is 7.80. The van der Waals surface area contributed by atoms with Gasteiger partial charge in [-0.25, -0.2) is 0 Å². The molecule has 0 radical (unpaired) electrons. The molecule has 8 N–H and O–H groups in total. The van der Waals surface area contributed by atoms with Gasteiger partial charge in [0.2, 0.25) is 0 Å². The van der Waals surface area contributed by atoms with Crippen LogP contribution in [-0.2, 0) is 15.9 Å². The fourth-order valence-corrected chi connectivity index (χ4v) is 3.92. The molecule has 0 spiro atoms. The summed E-state index contributed by atoms with van der Waals surface area (Å²) in [6.07, 6.45) is -9.41. The van der Waals surface area contributed by atoms with Crippen LogP contribution < -0.4 is 4.74 Å². The summed E-state index contributed by atoms with van der Waals surface area (Å²) in [5.41, 5.74) is 0.667. The van der Waals surface area contributed by atoms with Crippen molar-refractivity contribution < 1.29 is 55.1 Å². The summed E-state index contributed by atoms with van der Waals surface area (Å²) >= 11 is 0. The molecular weight excluding hydrogens is 428 g/mol. The summed E-state index contributed by atoms with van der Waals surface area (Å²) < 4.78 is 17.2. The highest BCUT2D eigenvalue weighted by Gasteiger charge is 2.46. The van der Waals surface area contributed by atoms with Crippen molar-refractivity contribution in [3.63, 3.8) is 0 Å². The Kier molecular flexibility index (Phi) is 6.03. The fourth-order valence-electron chi connectivity index (χ4n) is 3.92. The molecule has 2 aromatic rings. The van der Waals surface area contributed by atoms with Gasteiger partial charge in [-0.2, -0.15) is 0 Å². The van der Waals surface area contributed by atoms with Gasteiger partial charge in [0, 0.05) is 24.1 Å². The van der Waals surface area contributed by atoms with E-state index < -0.39 is 55.3 Å². The minimum absolute atomic E-state index is 0.0166. The lowest BCUT2D eigenvalue weighted by Gasteiger charge is -2.43. The third kappa shape index (κ3) is 4.01. The van der Waals surface area contributed by atoms with Crippen molar-refractivity contribution >= 4 is 0 Å². The number of phenolic OH excluding ortho intramolecular Hbond substituents is 4. The van der Waals surface area contributed by atoms with Gasteiger partial charge in [0.25, 0.3) is 0 Å². The Morgan fingerprint density at radius 1 is 0.875 bits per heavy atom. The van der Waals surface area contributed by atoms with E-state index in [1.54, 1.807) is 0 Å². The average Bonchev–Trinajstić information content (AvgIpc) is 2.76. The van der Waals surface area contributed by atoms with Crippen LogP contribution in [0, 0.1) is 0 Å². The van der Waals surface area contributed by atoms with Crippen LogP contribution >= 0.6 is 0 Å². The minimum Gasteiger partial charge on any atom is -0.508 e. The van der Waals surface area contributed by atoms with E-state index in [0.29, 0.717) is 11.1 Å². The van der Waals surface area contributed by atoms with Crippen molar-refractivity contribution in [1.82, 2.24) is 0 Å². The first kappa shape index (κ1) is 22.4. The van der Waals surface area contributed by atoms with Crippen molar-refractivity contribution in [1.29, 1.82) is 0 Å². The summed E-state index contributed by atoms with van der Waals surface area (Å²) in [5.74, 6) is -1.10. The van der Waals surface area contributed by atoms with E-state index in [2.05, 4.69) is 0 Å². The number of hydrogen-bond acceptors (Lipinski definition) is 11. The van der Waals surface area contributed by atoms with Crippen molar-refractivity contribution in [2.75, 3.05) is 6.61 Å². The van der Waals surface area contributed by atoms with E-state index >= 15 is 0 Å². The lowest BCUT2D eigenvalue weighted by atomic mass is 9.93. The van der Waals surface area contributed by atoms with Crippen LogP contribution in [0.2, 0.25) is 0 Å². The van der Waals surface area contributed by atoms with Gasteiger partial charge in [0.15, 0.2) is 23.9 Å². The first-order valence-corrected chi connectivity index (χ1v) is 9.89. The van der Waals surface area contributed by atoms with Crippen LogP contribution in [0.15, 0.2) is 30.3 Å². The second kappa shape index (κ2) is 8.62. The average molecular weight is 452 g/mol. The normalized spacial score (nSPS) is 32.2. The number of aromatic hydroxyl groups is 4. The number of benzene rings is 2. The summed E-state index contributed by atoms with van der Waals surface area (Å²) in [6.45, 7) is -0.635. The van der Waals surface area contributed by atoms with Crippen molar-refractivity contribution in [3.05, 3.63) is 41.5 Å². The molecule has 32 heavy (non-hydrogen) atoms. The molecule has 0 aromatic heterocycles. The Labute approximate surface area is 181 Å². The van der Waals surface area contributed by atoms with Crippen molar-refractivity contribution in [2.24, 2.45) is 0 Å². The van der Waals surface area contributed by atoms with E-state index in [0.717, 1.165) is 6.07 Å². The number of hydrogen-bond donors (Lipinski definition) is 8. The highest BCUT2D eigenvalue weighted by atomic mass is 16.7.